The second-order valence-corrected chi connectivity index (χ2v) is 7.83. The molecule has 0 bridgehead atoms. The summed E-state index contributed by atoms with van der Waals surface area (Å²) in [6, 6.07) is 3.89. The molecular formula is C20H28N6O. The molecule has 1 N–H and O–H groups in total. The van der Waals surface area contributed by atoms with E-state index in [1.54, 1.807) is 12.4 Å². The van der Waals surface area contributed by atoms with Crippen molar-refractivity contribution in [2.45, 2.75) is 25.7 Å². The number of rotatable bonds is 5. The lowest BCUT2D eigenvalue weighted by Crippen LogP contribution is -2.40. The zero-order valence-electron chi connectivity index (χ0n) is 16.0. The Labute approximate surface area is 160 Å². The van der Waals surface area contributed by atoms with E-state index in [9.17, 15) is 4.79 Å². The standard InChI is InChI=1S/C20H28N6O/c1-25-11-6-16(7-12-25)20(27)26-13-5-15(14-26)4-8-22-18-3-2-17-19(24-18)23-10-9-21-17/h2-3,9-10,15-16H,4-8,11-14H2,1H3,(H,22,23,24). The van der Waals surface area contributed by atoms with Gasteiger partial charge in [-0.05, 0) is 63.9 Å². The normalized spacial score (nSPS) is 21.7. The van der Waals surface area contributed by atoms with Crippen molar-refractivity contribution >= 4 is 22.9 Å². The molecule has 1 atom stereocenters. The lowest BCUT2D eigenvalue weighted by molar-refractivity contribution is -0.136. The Bertz CT molecular complexity index is 789. The number of piperidine rings is 1. The molecule has 4 heterocycles. The summed E-state index contributed by atoms with van der Waals surface area (Å²) in [7, 11) is 2.14. The van der Waals surface area contributed by atoms with Crippen molar-refractivity contribution in [1.29, 1.82) is 0 Å². The first kappa shape index (κ1) is 18.1. The molecule has 27 heavy (non-hydrogen) atoms. The highest BCUT2D eigenvalue weighted by atomic mass is 16.2. The quantitative estimate of drug-likeness (QED) is 0.870. The Morgan fingerprint density at radius 1 is 1.15 bits per heavy atom. The number of hydrogen-bond acceptors (Lipinski definition) is 6. The third kappa shape index (κ3) is 4.35. The Morgan fingerprint density at radius 2 is 1.96 bits per heavy atom. The van der Waals surface area contributed by atoms with Crippen LogP contribution in [0.15, 0.2) is 24.5 Å². The summed E-state index contributed by atoms with van der Waals surface area (Å²) in [5, 5.41) is 3.39. The first-order chi connectivity index (χ1) is 13.2. The van der Waals surface area contributed by atoms with Crippen molar-refractivity contribution < 1.29 is 4.79 Å². The predicted octanol–water partition coefficient (Wildman–Crippen LogP) is 2.02. The molecule has 7 heteroatoms. The molecule has 1 unspecified atom stereocenters. The fourth-order valence-corrected chi connectivity index (χ4v) is 4.14. The SMILES string of the molecule is CN1CCC(C(=O)N2CCC(CCNc3ccc4nccnc4n3)C2)CC1. The number of carbonyl (C=O) groups is 1. The van der Waals surface area contributed by atoms with Gasteiger partial charge in [0.05, 0.1) is 0 Å². The van der Waals surface area contributed by atoms with E-state index in [0.717, 1.165) is 69.7 Å². The van der Waals surface area contributed by atoms with Crippen LogP contribution in [0.2, 0.25) is 0 Å². The highest BCUT2D eigenvalue weighted by molar-refractivity contribution is 5.79. The average molecular weight is 368 g/mol. The number of hydrogen-bond donors (Lipinski definition) is 1. The van der Waals surface area contributed by atoms with Crippen molar-refractivity contribution in [1.82, 2.24) is 24.8 Å². The van der Waals surface area contributed by atoms with E-state index in [-0.39, 0.29) is 5.92 Å². The van der Waals surface area contributed by atoms with Crippen LogP contribution in [0.25, 0.3) is 11.2 Å². The number of likely N-dealkylation sites (tertiary alicyclic amines) is 2. The maximum atomic E-state index is 12.7. The summed E-state index contributed by atoms with van der Waals surface area (Å²) in [4.78, 5) is 30.1. The monoisotopic (exact) mass is 368 g/mol. The van der Waals surface area contributed by atoms with E-state index in [4.69, 9.17) is 0 Å². The van der Waals surface area contributed by atoms with Crippen molar-refractivity contribution in [2.75, 3.05) is 45.1 Å². The summed E-state index contributed by atoms with van der Waals surface area (Å²) in [5.74, 6) is 2.03. The van der Waals surface area contributed by atoms with Crippen LogP contribution in [-0.2, 0) is 4.79 Å². The van der Waals surface area contributed by atoms with Crippen molar-refractivity contribution in [3.05, 3.63) is 24.5 Å². The van der Waals surface area contributed by atoms with E-state index in [1.807, 2.05) is 12.1 Å². The minimum Gasteiger partial charge on any atom is -0.370 e. The summed E-state index contributed by atoms with van der Waals surface area (Å²) in [6.07, 6.45) is 7.51. The number of nitrogens with one attached hydrogen (secondary N) is 1. The van der Waals surface area contributed by atoms with Gasteiger partial charge in [-0.1, -0.05) is 0 Å². The van der Waals surface area contributed by atoms with Gasteiger partial charge in [0, 0.05) is 37.9 Å². The van der Waals surface area contributed by atoms with Crippen LogP contribution in [0.3, 0.4) is 0 Å². The highest BCUT2D eigenvalue weighted by Crippen LogP contribution is 2.25. The topological polar surface area (TPSA) is 74.2 Å². The molecule has 0 aliphatic carbocycles. The molecule has 0 radical (unpaired) electrons. The van der Waals surface area contributed by atoms with Crippen molar-refractivity contribution in [3.8, 4) is 0 Å². The summed E-state index contributed by atoms with van der Waals surface area (Å²) < 4.78 is 0. The van der Waals surface area contributed by atoms with E-state index < -0.39 is 0 Å². The molecule has 0 spiro atoms. The van der Waals surface area contributed by atoms with E-state index in [1.165, 1.54) is 0 Å². The maximum absolute atomic E-state index is 12.7. The summed E-state index contributed by atoms with van der Waals surface area (Å²) in [6.45, 7) is 4.77. The lowest BCUT2D eigenvalue weighted by Gasteiger charge is -2.30. The van der Waals surface area contributed by atoms with Gasteiger partial charge in [0.1, 0.15) is 11.3 Å². The molecule has 2 aliphatic heterocycles. The maximum Gasteiger partial charge on any atom is 0.225 e. The molecule has 0 saturated carbocycles. The number of anilines is 1. The number of fused-ring (bicyclic) bond motifs is 1. The predicted molar refractivity (Wildman–Crippen MR) is 105 cm³/mol. The van der Waals surface area contributed by atoms with E-state index in [2.05, 4.69) is 37.1 Å². The van der Waals surface area contributed by atoms with Gasteiger partial charge >= 0.3 is 0 Å². The van der Waals surface area contributed by atoms with E-state index >= 15 is 0 Å². The Hall–Kier alpha value is -2.28. The third-order valence-electron chi connectivity index (χ3n) is 5.86. The van der Waals surface area contributed by atoms with Gasteiger partial charge in [-0.2, -0.15) is 0 Å². The van der Waals surface area contributed by atoms with Crippen LogP contribution in [-0.4, -0.2) is 70.4 Å². The van der Waals surface area contributed by atoms with Crippen LogP contribution in [0.4, 0.5) is 5.82 Å². The molecule has 2 fully saturated rings. The fraction of sp³-hybridized carbons (Fsp3) is 0.600. The second-order valence-electron chi connectivity index (χ2n) is 7.83. The van der Waals surface area contributed by atoms with Crippen LogP contribution in [0.1, 0.15) is 25.7 Å². The average Bonchev–Trinajstić information content (AvgIpc) is 3.17. The highest BCUT2D eigenvalue weighted by Gasteiger charge is 2.32. The van der Waals surface area contributed by atoms with Gasteiger partial charge in [0.25, 0.3) is 0 Å². The molecule has 4 rings (SSSR count). The number of carbonyl (C=O) groups excluding carboxylic acids is 1. The molecule has 2 aliphatic rings. The van der Waals surface area contributed by atoms with Crippen LogP contribution >= 0.6 is 0 Å². The molecule has 2 aromatic rings. The van der Waals surface area contributed by atoms with Crippen LogP contribution < -0.4 is 5.32 Å². The Balaban J connectivity index is 1.23. The zero-order valence-corrected chi connectivity index (χ0v) is 16.0. The molecular weight excluding hydrogens is 340 g/mol. The lowest BCUT2D eigenvalue weighted by atomic mass is 9.95. The smallest absolute Gasteiger partial charge is 0.225 e. The molecule has 2 saturated heterocycles. The first-order valence-electron chi connectivity index (χ1n) is 9.98. The Kier molecular flexibility index (Phi) is 5.48. The number of nitrogens with zero attached hydrogens (tertiary/aromatic N) is 5. The number of amides is 1. The molecule has 7 nitrogen and oxygen atoms in total. The number of aromatic nitrogens is 3. The summed E-state index contributed by atoms with van der Waals surface area (Å²) in [5.41, 5.74) is 1.47. The largest absolute Gasteiger partial charge is 0.370 e. The van der Waals surface area contributed by atoms with Gasteiger partial charge < -0.3 is 15.1 Å². The van der Waals surface area contributed by atoms with Crippen molar-refractivity contribution in [2.24, 2.45) is 11.8 Å². The molecule has 0 aromatic carbocycles. The van der Waals surface area contributed by atoms with Crippen LogP contribution in [0, 0.1) is 11.8 Å². The van der Waals surface area contributed by atoms with Crippen molar-refractivity contribution in [3.63, 3.8) is 0 Å². The van der Waals surface area contributed by atoms with Gasteiger partial charge in [0.15, 0.2) is 5.65 Å². The zero-order chi connectivity index (χ0) is 18.6. The minimum absolute atomic E-state index is 0.237. The molecule has 2 aromatic heterocycles. The minimum atomic E-state index is 0.237. The van der Waals surface area contributed by atoms with Gasteiger partial charge in [-0.25, -0.2) is 9.97 Å². The van der Waals surface area contributed by atoms with Crippen LogP contribution in [0.5, 0.6) is 0 Å². The molecule has 144 valence electrons. The second kappa shape index (κ2) is 8.17. The first-order valence-corrected chi connectivity index (χ1v) is 9.98. The fourth-order valence-electron chi connectivity index (χ4n) is 4.14. The number of pyridine rings is 1. The third-order valence-corrected chi connectivity index (χ3v) is 5.86. The van der Waals surface area contributed by atoms with Gasteiger partial charge in [-0.3, -0.25) is 9.78 Å². The summed E-state index contributed by atoms with van der Waals surface area (Å²) >= 11 is 0. The molecule has 1 amide bonds. The van der Waals surface area contributed by atoms with Gasteiger partial charge in [0.2, 0.25) is 5.91 Å². The van der Waals surface area contributed by atoms with E-state index in [0.29, 0.717) is 17.5 Å². The Morgan fingerprint density at radius 3 is 2.81 bits per heavy atom. The van der Waals surface area contributed by atoms with Gasteiger partial charge in [-0.15, -0.1) is 0 Å².